The Kier molecular flexibility index (Phi) is 8.81. The fraction of sp³-hybridized carbons (Fsp3) is 0.158. The molecule has 0 aliphatic rings. The average Bonchev–Trinajstić information content (AvgIpc) is 3.13. The van der Waals surface area contributed by atoms with E-state index in [0.29, 0.717) is 56.6 Å². The third kappa shape index (κ3) is 5.57. The van der Waals surface area contributed by atoms with E-state index in [0.717, 1.165) is 16.3 Å². The van der Waals surface area contributed by atoms with Crippen molar-refractivity contribution in [3.05, 3.63) is 113 Å². The van der Waals surface area contributed by atoms with Crippen molar-refractivity contribution >= 4 is 33.2 Å². The SMILES string of the molecule is COC(=O)c1c(-c2cc(OC)c(OC)c(OC)c2)c2cc(OC)c(OCc3cccc4ccccc34)cc2c(=O)n1-c1ccc(N)cc1. The number of hydrogen-bond donors (Lipinski definition) is 1. The Morgan fingerprint density at radius 1 is 0.688 bits per heavy atom. The van der Waals surface area contributed by atoms with E-state index in [-0.39, 0.29) is 17.7 Å². The predicted molar refractivity (Wildman–Crippen MR) is 185 cm³/mol. The van der Waals surface area contributed by atoms with Crippen LogP contribution in [0.2, 0.25) is 0 Å². The molecule has 0 fully saturated rings. The number of carbonyl (C=O) groups is 1. The van der Waals surface area contributed by atoms with Crippen molar-refractivity contribution in [1.82, 2.24) is 4.57 Å². The number of benzene rings is 5. The first-order chi connectivity index (χ1) is 23.3. The standard InChI is InChI=1S/C38H34N2O8/c1-43-30-19-28-29(20-31(30)48-21-23-11-8-10-22-9-6-7-12-27(22)23)37(41)40(26-15-13-25(39)14-16-26)35(38(42)47-5)34(28)24-17-32(44-2)36(46-4)33(18-24)45-3/h6-20H,21,39H2,1-5H3. The maximum Gasteiger partial charge on any atom is 0.355 e. The van der Waals surface area contributed by atoms with Gasteiger partial charge in [0.15, 0.2) is 23.0 Å². The van der Waals surface area contributed by atoms with E-state index in [1.165, 1.54) is 40.1 Å². The fourth-order valence-corrected chi connectivity index (χ4v) is 5.93. The number of carbonyl (C=O) groups excluding carboxylic acids is 1. The highest BCUT2D eigenvalue weighted by molar-refractivity contribution is 6.08. The Balaban J connectivity index is 1.67. The number of aromatic nitrogens is 1. The van der Waals surface area contributed by atoms with E-state index in [4.69, 9.17) is 34.2 Å². The zero-order chi connectivity index (χ0) is 33.9. The maximum absolute atomic E-state index is 14.5. The van der Waals surface area contributed by atoms with Gasteiger partial charge in [-0.05, 0) is 70.4 Å². The van der Waals surface area contributed by atoms with Gasteiger partial charge in [-0.25, -0.2) is 4.79 Å². The number of methoxy groups -OCH3 is 5. The molecule has 10 heteroatoms. The second-order valence-corrected chi connectivity index (χ2v) is 10.8. The first-order valence-corrected chi connectivity index (χ1v) is 15.0. The third-order valence-corrected chi connectivity index (χ3v) is 8.21. The number of ether oxygens (including phenoxy) is 6. The van der Waals surface area contributed by atoms with Gasteiger partial charge in [-0.3, -0.25) is 9.36 Å². The highest BCUT2D eigenvalue weighted by Gasteiger charge is 2.28. The van der Waals surface area contributed by atoms with Crippen LogP contribution in [0.5, 0.6) is 28.7 Å². The van der Waals surface area contributed by atoms with Crippen LogP contribution in [0, 0.1) is 0 Å². The van der Waals surface area contributed by atoms with Gasteiger partial charge in [-0.2, -0.15) is 0 Å². The molecular formula is C38H34N2O8. The number of nitrogen functional groups attached to an aromatic ring is 1. The molecule has 0 saturated carbocycles. The number of nitrogens with two attached hydrogens (primary N) is 1. The number of fused-ring (bicyclic) bond motifs is 2. The third-order valence-electron chi connectivity index (χ3n) is 8.21. The first kappa shape index (κ1) is 31.8. The molecule has 0 spiro atoms. The van der Waals surface area contributed by atoms with E-state index in [1.54, 1.807) is 48.5 Å². The van der Waals surface area contributed by atoms with Crippen molar-refractivity contribution in [2.45, 2.75) is 6.61 Å². The molecule has 6 rings (SSSR count). The smallest absolute Gasteiger partial charge is 0.355 e. The van der Waals surface area contributed by atoms with Gasteiger partial charge in [0, 0.05) is 22.3 Å². The molecule has 0 radical (unpaired) electrons. The van der Waals surface area contributed by atoms with Crippen LogP contribution in [-0.2, 0) is 11.3 Å². The van der Waals surface area contributed by atoms with Crippen LogP contribution in [0.1, 0.15) is 16.1 Å². The summed E-state index contributed by atoms with van der Waals surface area (Å²) < 4.78 is 35.6. The van der Waals surface area contributed by atoms with Gasteiger partial charge in [0.2, 0.25) is 5.75 Å². The van der Waals surface area contributed by atoms with Gasteiger partial charge in [-0.15, -0.1) is 0 Å². The zero-order valence-corrected chi connectivity index (χ0v) is 27.2. The summed E-state index contributed by atoms with van der Waals surface area (Å²) in [6.07, 6.45) is 0. The lowest BCUT2D eigenvalue weighted by Crippen LogP contribution is -2.27. The summed E-state index contributed by atoms with van der Waals surface area (Å²) in [6.45, 7) is 0.218. The Bertz CT molecular complexity index is 2190. The molecule has 48 heavy (non-hydrogen) atoms. The molecule has 0 aliphatic heterocycles. The Morgan fingerprint density at radius 3 is 1.98 bits per heavy atom. The van der Waals surface area contributed by atoms with Crippen LogP contribution >= 0.6 is 0 Å². The van der Waals surface area contributed by atoms with E-state index in [1.807, 2.05) is 42.5 Å². The van der Waals surface area contributed by atoms with Gasteiger partial charge in [0.1, 0.15) is 12.3 Å². The van der Waals surface area contributed by atoms with Gasteiger partial charge in [-0.1, -0.05) is 42.5 Å². The van der Waals surface area contributed by atoms with Crippen LogP contribution in [-0.4, -0.2) is 46.1 Å². The molecule has 10 nitrogen and oxygen atoms in total. The summed E-state index contributed by atoms with van der Waals surface area (Å²) in [7, 11) is 7.27. The van der Waals surface area contributed by atoms with Crippen molar-refractivity contribution in [3.63, 3.8) is 0 Å². The van der Waals surface area contributed by atoms with Gasteiger partial charge in [0.05, 0.1) is 40.9 Å². The molecule has 0 bridgehead atoms. The Hall–Kier alpha value is -6.16. The maximum atomic E-state index is 14.5. The number of esters is 1. The van der Waals surface area contributed by atoms with Crippen molar-refractivity contribution < 1.29 is 33.2 Å². The van der Waals surface area contributed by atoms with Gasteiger partial charge >= 0.3 is 5.97 Å². The van der Waals surface area contributed by atoms with Crippen LogP contribution in [0.4, 0.5) is 5.69 Å². The van der Waals surface area contributed by atoms with E-state index < -0.39 is 11.5 Å². The lowest BCUT2D eigenvalue weighted by Gasteiger charge is -2.21. The minimum Gasteiger partial charge on any atom is -0.493 e. The molecule has 1 aromatic heterocycles. The lowest BCUT2D eigenvalue weighted by atomic mass is 9.95. The van der Waals surface area contributed by atoms with Crippen LogP contribution in [0.15, 0.2) is 95.8 Å². The first-order valence-electron chi connectivity index (χ1n) is 15.0. The van der Waals surface area contributed by atoms with Crippen LogP contribution in [0.3, 0.4) is 0 Å². The highest BCUT2D eigenvalue weighted by atomic mass is 16.5. The molecule has 244 valence electrons. The molecular weight excluding hydrogens is 612 g/mol. The monoisotopic (exact) mass is 646 g/mol. The summed E-state index contributed by atoms with van der Waals surface area (Å²) in [5.41, 5.74) is 8.20. The molecule has 6 aromatic rings. The second-order valence-electron chi connectivity index (χ2n) is 10.8. The van der Waals surface area contributed by atoms with Gasteiger partial charge < -0.3 is 34.2 Å². The van der Waals surface area contributed by atoms with E-state index in [9.17, 15) is 9.59 Å². The summed E-state index contributed by atoms with van der Waals surface area (Å²) >= 11 is 0. The van der Waals surface area contributed by atoms with Crippen molar-refractivity contribution in [2.75, 3.05) is 41.3 Å². The lowest BCUT2D eigenvalue weighted by molar-refractivity contribution is 0.0591. The largest absolute Gasteiger partial charge is 0.493 e. The minimum absolute atomic E-state index is 0.0273. The van der Waals surface area contributed by atoms with Crippen molar-refractivity contribution in [2.24, 2.45) is 0 Å². The predicted octanol–water partition coefficient (Wildman–Crippen LogP) is 6.79. The van der Waals surface area contributed by atoms with E-state index >= 15 is 0 Å². The van der Waals surface area contributed by atoms with Crippen LogP contribution in [0.25, 0.3) is 38.4 Å². The molecule has 0 unspecified atom stereocenters. The topological polar surface area (TPSA) is 120 Å². The summed E-state index contributed by atoms with van der Waals surface area (Å²) in [6, 6.07) is 27.4. The molecule has 0 amide bonds. The number of rotatable bonds is 10. The number of anilines is 1. The van der Waals surface area contributed by atoms with Crippen LogP contribution < -0.4 is 35.0 Å². The molecule has 2 N–H and O–H groups in total. The van der Waals surface area contributed by atoms with Gasteiger partial charge in [0.25, 0.3) is 5.56 Å². The van der Waals surface area contributed by atoms with E-state index in [2.05, 4.69) is 0 Å². The zero-order valence-electron chi connectivity index (χ0n) is 27.2. The highest BCUT2D eigenvalue weighted by Crippen LogP contribution is 2.45. The minimum atomic E-state index is -0.746. The average molecular weight is 647 g/mol. The quantitative estimate of drug-likeness (QED) is 0.127. The Labute approximate surface area is 276 Å². The summed E-state index contributed by atoms with van der Waals surface area (Å²) in [5, 5.41) is 2.81. The molecule has 5 aromatic carbocycles. The van der Waals surface area contributed by atoms with Crippen molar-refractivity contribution in [1.29, 1.82) is 0 Å². The number of nitrogens with zero attached hydrogens (tertiary/aromatic N) is 1. The number of pyridine rings is 1. The second kappa shape index (κ2) is 13.3. The fourth-order valence-electron chi connectivity index (χ4n) is 5.93. The summed E-state index contributed by atoms with van der Waals surface area (Å²) in [5.74, 6) is 1.02. The molecule has 0 saturated heterocycles. The normalized spacial score (nSPS) is 10.9. The van der Waals surface area contributed by atoms with Crippen molar-refractivity contribution in [3.8, 4) is 45.6 Å². The molecule has 1 heterocycles. The number of hydrogen-bond acceptors (Lipinski definition) is 9. The summed E-state index contributed by atoms with van der Waals surface area (Å²) in [4.78, 5) is 28.3. The Morgan fingerprint density at radius 2 is 1.33 bits per heavy atom. The molecule has 0 aliphatic carbocycles. The molecule has 0 atom stereocenters.